The van der Waals surface area contributed by atoms with Crippen molar-refractivity contribution in [2.45, 2.75) is 51.2 Å². The van der Waals surface area contributed by atoms with Crippen molar-refractivity contribution in [1.29, 1.82) is 0 Å². The lowest BCUT2D eigenvalue weighted by molar-refractivity contribution is -0.0563. The molecule has 4 rings (SSSR count). The van der Waals surface area contributed by atoms with E-state index >= 15 is 0 Å². The van der Waals surface area contributed by atoms with Gasteiger partial charge in [-0.3, -0.25) is 4.79 Å². The van der Waals surface area contributed by atoms with Crippen LogP contribution in [0.3, 0.4) is 0 Å². The van der Waals surface area contributed by atoms with E-state index < -0.39 is 11.7 Å². The van der Waals surface area contributed by atoms with Crippen LogP contribution in [0.25, 0.3) is 11.1 Å². The first-order valence-corrected chi connectivity index (χ1v) is 17.2. The third-order valence-corrected chi connectivity index (χ3v) is 9.44. The van der Waals surface area contributed by atoms with Crippen molar-refractivity contribution in [3.8, 4) is 11.1 Å². The van der Waals surface area contributed by atoms with Gasteiger partial charge in [0.15, 0.2) is 0 Å². The molecule has 0 aliphatic carbocycles. The van der Waals surface area contributed by atoms with E-state index in [4.69, 9.17) is 16.7 Å². The summed E-state index contributed by atoms with van der Waals surface area (Å²) in [5.74, 6) is 0.738. The molecule has 1 heterocycles. The average molecular weight is 638 g/mol. The topological polar surface area (TPSA) is 102 Å². The van der Waals surface area contributed by atoms with Crippen LogP contribution in [0.15, 0.2) is 66.7 Å². The van der Waals surface area contributed by atoms with Crippen molar-refractivity contribution < 1.29 is 19.8 Å². The first-order chi connectivity index (χ1) is 21.3. The molecule has 44 heavy (non-hydrogen) atoms. The van der Waals surface area contributed by atoms with Crippen LogP contribution in [-0.2, 0) is 18.6 Å². The Morgan fingerprint density at radius 1 is 1.07 bits per heavy atom. The molecule has 3 aromatic carbocycles. The van der Waals surface area contributed by atoms with Crippen molar-refractivity contribution in [3.05, 3.63) is 94.0 Å². The maximum Gasteiger partial charge on any atom is 0.404 e. The molecule has 0 radical (unpaired) electrons. The first-order valence-electron chi connectivity index (χ1n) is 15.4. The summed E-state index contributed by atoms with van der Waals surface area (Å²) in [7, 11) is 0. The zero-order chi connectivity index (χ0) is 31.5. The zero-order valence-corrected chi connectivity index (χ0v) is 27.2. The van der Waals surface area contributed by atoms with E-state index in [2.05, 4.69) is 35.9 Å². The minimum atomic E-state index is -1.34. The number of aryl methyl sites for hydroxylation is 1. The molecule has 0 saturated carbocycles. The Morgan fingerprint density at radius 2 is 1.84 bits per heavy atom. The Balaban J connectivity index is 1.62. The van der Waals surface area contributed by atoms with Crippen LogP contribution >= 0.6 is 23.4 Å². The number of thioether (sulfide) groups is 1. The maximum absolute atomic E-state index is 13.7. The highest BCUT2D eigenvalue weighted by molar-refractivity contribution is 7.98. The summed E-state index contributed by atoms with van der Waals surface area (Å²) in [5.41, 5.74) is 4.01. The molecule has 0 aromatic heterocycles. The number of nitrogens with zero attached hydrogens (tertiary/aromatic N) is 1. The Hall–Kier alpha value is -3.04. The van der Waals surface area contributed by atoms with E-state index in [1.807, 2.05) is 59.5 Å². The van der Waals surface area contributed by atoms with Gasteiger partial charge in [-0.25, -0.2) is 4.79 Å². The van der Waals surface area contributed by atoms with Crippen molar-refractivity contribution in [1.82, 2.24) is 15.5 Å². The van der Waals surface area contributed by atoms with Crippen molar-refractivity contribution in [3.63, 3.8) is 0 Å². The fraction of sp³-hybridized carbons (Fsp3) is 0.429. The van der Waals surface area contributed by atoms with E-state index in [0.717, 1.165) is 54.8 Å². The SMILES string of the molecule is CCc1cccc(-c2c(Cl)cccc2C(O)(CCCNC(=O)O)C2CCCN(C(=O)c3ccc(CNCCSC)cc3)C2)c1. The number of hydrogen-bond donors (Lipinski definition) is 4. The number of halogens is 1. The summed E-state index contributed by atoms with van der Waals surface area (Å²) < 4.78 is 0. The van der Waals surface area contributed by atoms with Crippen LogP contribution < -0.4 is 10.6 Å². The fourth-order valence-corrected chi connectivity index (χ4v) is 6.78. The van der Waals surface area contributed by atoms with Crippen LogP contribution in [-0.4, -0.2) is 65.3 Å². The van der Waals surface area contributed by atoms with E-state index in [1.165, 1.54) is 5.56 Å². The van der Waals surface area contributed by atoms with Gasteiger partial charge in [0.05, 0.1) is 5.60 Å². The number of carboxylic acid groups (broad SMARTS) is 1. The number of hydrogen-bond acceptors (Lipinski definition) is 5. The van der Waals surface area contributed by atoms with Crippen molar-refractivity contribution in [2.75, 3.05) is 38.2 Å². The second kappa shape index (κ2) is 16.3. The van der Waals surface area contributed by atoms with Crippen molar-refractivity contribution >= 4 is 35.4 Å². The van der Waals surface area contributed by atoms with Gasteiger partial charge in [0.25, 0.3) is 5.91 Å². The molecule has 7 nitrogen and oxygen atoms in total. The molecule has 2 amide bonds. The standard InChI is InChI=1S/C35H44ClN3O4S/c1-3-25-8-4-9-28(22-25)32-30(11-5-12-31(32)36)35(43,17-7-18-38-34(41)42)29-10-6-20-39(24-29)33(40)27-15-13-26(14-16-27)23-37-19-21-44-2/h4-5,8-9,11-16,22,29,37-38,43H,3,6-7,10,17-21,23-24H2,1-2H3,(H,41,42). The smallest absolute Gasteiger partial charge is 0.404 e. The second-order valence-corrected chi connectivity index (χ2v) is 12.8. The van der Waals surface area contributed by atoms with Crippen LogP contribution in [0.4, 0.5) is 4.79 Å². The molecule has 4 N–H and O–H groups in total. The summed E-state index contributed by atoms with van der Waals surface area (Å²) in [6, 6.07) is 21.6. The lowest BCUT2D eigenvalue weighted by Gasteiger charge is -2.44. The predicted molar refractivity (Wildman–Crippen MR) is 181 cm³/mol. The summed E-state index contributed by atoms with van der Waals surface area (Å²) in [6.45, 7) is 5.01. The summed E-state index contributed by atoms with van der Waals surface area (Å²) in [6.07, 6.45) is 4.10. The number of likely N-dealkylation sites (tertiary alicyclic amines) is 1. The second-order valence-electron chi connectivity index (χ2n) is 11.4. The van der Waals surface area contributed by atoms with Crippen LogP contribution in [0.5, 0.6) is 0 Å². The van der Waals surface area contributed by atoms with Gasteiger partial charge in [0.1, 0.15) is 0 Å². The van der Waals surface area contributed by atoms with E-state index in [-0.39, 0.29) is 18.4 Å². The third-order valence-electron chi connectivity index (χ3n) is 8.51. The van der Waals surface area contributed by atoms with Gasteiger partial charge < -0.3 is 25.7 Å². The quantitative estimate of drug-likeness (QED) is 0.145. The van der Waals surface area contributed by atoms with Gasteiger partial charge in [-0.15, -0.1) is 0 Å². The molecule has 2 atom stereocenters. The number of nitrogens with one attached hydrogen (secondary N) is 2. The van der Waals surface area contributed by atoms with Gasteiger partial charge in [-0.2, -0.15) is 11.8 Å². The Bertz CT molecular complexity index is 1400. The number of benzene rings is 3. The van der Waals surface area contributed by atoms with Gasteiger partial charge in [-0.05, 0) is 78.8 Å². The minimum Gasteiger partial charge on any atom is -0.465 e. The van der Waals surface area contributed by atoms with Crippen LogP contribution in [0, 0.1) is 5.92 Å². The third kappa shape index (κ3) is 8.57. The Labute approximate surface area is 270 Å². The van der Waals surface area contributed by atoms with Crippen molar-refractivity contribution in [2.24, 2.45) is 5.92 Å². The monoisotopic (exact) mass is 637 g/mol. The average Bonchev–Trinajstić information content (AvgIpc) is 3.05. The molecular weight excluding hydrogens is 594 g/mol. The predicted octanol–water partition coefficient (Wildman–Crippen LogP) is 6.81. The molecule has 236 valence electrons. The van der Waals surface area contributed by atoms with Crippen LogP contribution in [0.1, 0.15) is 59.7 Å². The Kier molecular flexibility index (Phi) is 12.6. The molecule has 9 heteroatoms. The first kappa shape index (κ1) is 33.8. The maximum atomic E-state index is 13.7. The number of aliphatic hydroxyl groups is 1. The molecule has 0 bridgehead atoms. The molecule has 1 aliphatic heterocycles. The molecule has 1 saturated heterocycles. The van der Waals surface area contributed by atoms with Gasteiger partial charge in [-0.1, -0.05) is 67.1 Å². The lowest BCUT2D eigenvalue weighted by Crippen LogP contribution is -2.48. The summed E-state index contributed by atoms with van der Waals surface area (Å²) >= 11 is 8.66. The zero-order valence-electron chi connectivity index (χ0n) is 25.7. The summed E-state index contributed by atoms with van der Waals surface area (Å²) in [5, 5.41) is 28.2. The molecule has 2 unspecified atom stereocenters. The number of carbonyl (C=O) groups excluding carboxylic acids is 1. The largest absolute Gasteiger partial charge is 0.465 e. The van der Waals surface area contributed by atoms with Gasteiger partial charge in [0, 0.05) is 60.5 Å². The van der Waals surface area contributed by atoms with E-state index in [0.29, 0.717) is 42.1 Å². The molecule has 1 fully saturated rings. The minimum absolute atomic E-state index is 0.0477. The summed E-state index contributed by atoms with van der Waals surface area (Å²) in [4.78, 5) is 26.7. The normalized spacial score (nSPS) is 16.4. The number of carbonyl (C=O) groups is 2. The molecule has 1 aliphatic rings. The number of piperidine rings is 1. The molecular formula is C35H44ClN3O4S. The van der Waals surface area contributed by atoms with Gasteiger partial charge in [0.2, 0.25) is 0 Å². The molecule has 0 spiro atoms. The highest BCUT2D eigenvalue weighted by Crippen LogP contribution is 2.45. The highest BCUT2D eigenvalue weighted by atomic mass is 35.5. The van der Waals surface area contributed by atoms with E-state index in [1.54, 1.807) is 11.8 Å². The fourth-order valence-electron chi connectivity index (χ4n) is 6.14. The molecule has 3 aromatic rings. The number of rotatable bonds is 14. The Morgan fingerprint density at radius 3 is 2.57 bits per heavy atom. The highest BCUT2D eigenvalue weighted by Gasteiger charge is 2.43. The van der Waals surface area contributed by atoms with Gasteiger partial charge >= 0.3 is 6.09 Å². The van der Waals surface area contributed by atoms with E-state index in [9.17, 15) is 14.7 Å². The van der Waals surface area contributed by atoms with Crippen LogP contribution in [0.2, 0.25) is 5.02 Å². The number of amides is 2. The lowest BCUT2D eigenvalue weighted by atomic mass is 9.72.